The molecule has 1 amide bonds. The van der Waals surface area contributed by atoms with Crippen LogP contribution in [-0.2, 0) is 23.8 Å². The van der Waals surface area contributed by atoms with E-state index in [1.807, 2.05) is 0 Å². The molecule has 22 heavy (non-hydrogen) atoms. The first-order valence-corrected chi connectivity index (χ1v) is 7.13. The summed E-state index contributed by atoms with van der Waals surface area (Å²) in [5.74, 6) is -1.84. The number of rotatable bonds is 4. The standard InChI is InChI=1S/C14H20N2O6/c1-5-20-13(18)8-6-9(16-19)10(15-7(2)17)12-11(8)21-14(3,4)22-12/h6,9-12H,5H2,1-4H3,(H,15,17)/t9?,10-,11-,12+/m1/s1. The van der Waals surface area contributed by atoms with Gasteiger partial charge in [0.1, 0.15) is 18.2 Å². The molecule has 0 saturated carbocycles. The molecule has 4 atom stereocenters. The first-order chi connectivity index (χ1) is 10.3. The van der Waals surface area contributed by atoms with Crippen LogP contribution in [0.25, 0.3) is 0 Å². The van der Waals surface area contributed by atoms with Crippen LogP contribution >= 0.6 is 0 Å². The van der Waals surface area contributed by atoms with E-state index in [1.54, 1.807) is 20.8 Å². The minimum atomic E-state index is -0.949. The Balaban J connectivity index is 2.39. The van der Waals surface area contributed by atoms with Crippen molar-refractivity contribution in [1.29, 1.82) is 0 Å². The van der Waals surface area contributed by atoms with Crippen LogP contribution in [0.4, 0.5) is 0 Å². The van der Waals surface area contributed by atoms with Gasteiger partial charge in [0.25, 0.3) is 0 Å². The Labute approximate surface area is 128 Å². The molecule has 1 aliphatic heterocycles. The molecular weight excluding hydrogens is 292 g/mol. The Hall–Kier alpha value is -1.80. The molecule has 0 aromatic rings. The van der Waals surface area contributed by atoms with Gasteiger partial charge in [-0.2, -0.15) is 4.91 Å². The third-order valence-corrected chi connectivity index (χ3v) is 3.51. The number of carbonyl (C=O) groups is 2. The number of esters is 1. The number of carbonyl (C=O) groups excluding carboxylic acids is 2. The van der Waals surface area contributed by atoms with Crippen molar-refractivity contribution in [3.05, 3.63) is 16.6 Å². The molecule has 122 valence electrons. The van der Waals surface area contributed by atoms with Crippen molar-refractivity contribution in [2.75, 3.05) is 6.61 Å². The number of hydrogen-bond donors (Lipinski definition) is 1. The number of amides is 1. The number of hydrogen-bond acceptors (Lipinski definition) is 7. The monoisotopic (exact) mass is 312 g/mol. The normalized spacial score (nSPS) is 32.6. The number of nitrogens with one attached hydrogen (secondary N) is 1. The summed E-state index contributed by atoms with van der Waals surface area (Å²) >= 11 is 0. The zero-order valence-corrected chi connectivity index (χ0v) is 13.0. The molecule has 0 aromatic heterocycles. The predicted molar refractivity (Wildman–Crippen MR) is 75.7 cm³/mol. The maximum absolute atomic E-state index is 12.1. The molecule has 0 radical (unpaired) electrons. The van der Waals surface area contributed by atoms with Gasteiger partial charge in [0.2, 0.25) is 5.91 Å². The molecule has 1 heterocycles. The van der Waals surface area contributed by atoms with E-state index in [0.717, 1.165) is 0 Å². The van der Waals surface area contributed by atoms with Gasteiger partial charge < -0.3 is 19.5 Å². The van der Waals surface area contributed by atoms with Crippen molar-refractivity contribution < 1.29 is 23.8 Å². The molecule has 1 saturated heterocycles. The topological polar surface area (TPSA) is 103 Å². The summed E-state index contributed by atoms with van der Waals surface area (Å²) in [5.41, 5.74) is 0.198. The zero-order chi connectivity index (χ0) is 16.5. The molecule has 0 aromatic carbocycles. The lowest BCUT2D eigenvalue weighted by Crippen LogP contribution is -2.56. The smallest absolute Gasteiger partial charge is 0.336 e. The summed E-state index contributed by atoms with van der Waals surface area (Å²) < 4.78 is 16.5. The van der Waals surface area contributed by atoms with E-state index in [0.29, 0.717) is 0 Å². The van der Waals surface area contributed by atoms with Gasteiger partial charge in [0.15, 0.2) is 5.79 Å². The number of fused-ring (bicyclic) bond motifs is 1. The van der Waals surface area contributed by atoms with Crippen LogP contribution in [0.15, 0.2) is 16.8 Å². The lowest BCUT2D eigenvalue weighted by atomic mass is 9.86. The second-order valence-electron chi connectivity index (χ2n) is 5.69. The highest BCUT2D eigenvalue weighted by molar-refractivity contribution is 5.90. The van der Waals surface area contributed by atoms with E-state index in [1.165, 1.54) is 13.0 Å². The highest BCUT2D eigenvalue weighted by atomic mass is 16.8. The molecular formula is C14H20N2O6. The third-order valence-electron chi connectivity index (χ3n) is 3.51. The van der Waals surface area contributed by atoms with Crippen molar-refractivity contribution in [2.45, 2.75) is 57.8 Å². The largest absolute Gasteiger partial charge is 0.463 e. The second kappa shape index (κ2) is 6.13. The van der Waals surface area contributed by atoms with Crippen LogP contribution in [0.1, 0.15) is 27.7 Å². The van der Waals surface area contributed by atoms with Crippen molar-refractivity contribution >= 4 is 11.9 Å². The van der Waals surface area contributed by atoms with E-state index < -0.39 is 36.0 Å². The summed E-state index contributed by atoms with van der Waals surface area (Å²) in [5, 5.41) is 5.65. The zero-order valence-electron chi connectivity index (χ0n) is 13.0. The fraction of sp³-hybridized carbons (Fsp3) is 0.714. The van der Waals surface area contributed by atoms with E-state index in [9.17, 15) is 14.5 Å². The first-order valence-electron chi connectivity index (χ1n) is 7.13. The lowest BCUT2D eigenvalue weighted by molar-refractivity contribution is -0.149. The molecule has 0 spiro atoms. The van der Waals surface area contributed by atoms with Gasteiger partial charge in [0, 0.05) is 6.92 Å². The van der Waals surface area contributed by atoms with Crippen LogP contribution in [0, 0.1) is 4.91 Å². The van der Waals surface area contributed by atoms with Crippen molar-refractivity contribution in [3.63, 3.8) is 0 Å². The van der Waals surface area contributed by atoms with Crippen LogP contribution in [0.5, 0.6) is 0 Å². The van der Waals surface area contributed by atoms with Crippen molar-refractivity contribution in [1.82, 2.24) is 5.32 Å². The SMILES string of the molecule is CCOC(=O)C1=CC(N=O)[C@@H](NC(C)=O)[C@@H]2OC(C)(C)O[C@H]12. The quantitative estimate of drug-likeness (QED) is 0.604. The Morgan fingerprint density at radius 3 is 2.64 bits per heavy atom. The van der Waals surface area contributed by atoms with Crippen LogP contribution in [0.2, 0.25) is 0 Å². The average Bonchev–Trinajstić information content (AvgIpc) is 2.74. The number of ether oxygens (including phenoxy) is 3. The van der Waals surface area contributed by atoms with Gasteiger partial charge in [-0.25, -0.2) is 4.79 Å². The van der Waals surface area contributed by atoms with E-state index in [4.69, 9.17) is 14.2 Å². The fourth-order valence-electron chi connectivity index (χ4n) is 2.77. The Kier molecular flexibility index (Phi) is 4.62. The molecule has 8 heteroatoms. The number of nitroso groups, excluding NO2 is 1. The van der Waals surface area contributed by atoms with Gasteiger partial charge >= 0.3 is 5.97 Å². The highest BCUT2D eigenvalue weighted by Crippen LogP contribution is 2.38. The summed E-state index contributed by atoms with van der Waals surface area (Å²) in [6, 6.07) is -1.62. The molecule has 8 nitrogen and oxygen atoms in total. The van der Waals surface area contributed by atoms with Gasteiger partial charge in [-0.3, -0.25) is 4.79 Å². The molecule has 1 unspecified atom stereocenters. The maximum atomic E-state index is 12.1. The van der Waals surface area contributed by atoms with Gasteiger partial charge in [-0.05, 0) is 26.8 Å². The second-order valence-corrected chi connectivity index (χ2v) is 5.69. The predicted octanol–water partition coefficient (Wildman–Crippen LogP) is 0.649. The summed E-state index contributed by atoms with van der Waals surface area (Å²) in [7, 11) is 0. The van der Waals surface area contributed by atoms with Crippen LogP contribution in [0.3, 0.4) is 0 Å². The van der Waals surface area contributed by atoms with E-state index in [-0.39, 0.29) is 18.1 Å². The van der Waals surface area contributed by atoms with Crippen molar-refractivity contribution in [3.8, 4) is 0 Å². The van der Waals surface area contributed by atoms with Gasteiger partial charge in [-0.15, -0.1) is 0 Å². The first kappa shape index (κ1) is 16.6. The molecule has 0 bridgehead atoms. The summed E-state index contributed by atoms with van der Waals surface area (Å²) in [4.78, 5) is 34.6. The molecule has 1 aliphatic carbocycles. The van der Waals surface area contributed by atoms with Crippen LogP contribution < -0.4 is 5.32 Å². The Morgan fingerprint density at radius 2 is 2.09 bits per heavy atom. The minimum Gasteiger partial charge on any atom is -0.463 e. The summed E-state index contributed by atoms with van der Waals surface area (Å²) in [6.07, 6.45) is -0.0211. The maximum Gasteiger partial charge on any atom is 0.336 e. The van der Waals surface area contributed by atoms with Crippen LogP contribution in [-0.4, -0.2) is 48.6 Å². The Morgan fingerprint density at radius 1 is 1.41 bits per heavy atom. The van der Waals surface area contributed by atoms with Gasteiger partial charge in [-0.1, -0.05) is 5.18 Å². The third kappa shape index (κ3) is 3.17. The molecule has 1 N–H and O–H groups in total. The highest BCUT2D eigenvalue weighted by Gasteiger charge is 2.53. The molecule has 1 fully saturated rings. The molecule has 2 aliphatic rings. The lowest BCUT2D eigenvalue weighted by Gasteiger charge is -2.33. The van der Waals surface area contributed by atoms with Crippen molar-refractivity contribution in [2.24, 2.45) is 5.18 Å². The fourth-order valence-corrected chi connectivity index (χ4v) is 2.77. The number of nitrogens with zero attached hydrogens (tertiary/aromatic N) is 1. The summed E-state index contributed by atoms with van der Waals surface area (Å²) in [6.45, 7) is 6.61. The van der Waals surface area contributed by atoms with E-state index >= 15 is 0 Å². The minimum absolute atomic E-state index is 0.198. The van der Waals surface area contributed by atoms with E-state index in [2.05, 4.69) is 10.5 Å². The molecule has 2 rings (SSSR count). The average molecular weight is 312 g/mol. The van der Waals surface area contributed by atoms with Gasteiger partial charge in [0.05, 0.1) is 18.2 Å². The Bertz CT molecular complexity index is 515.